The Hall–Kier alpha value is -1.17. The van der Waals surface area contributed by atoms with Gasteiger partial charge in [0.15, 0.2) is 0 Å². The van der Waals surface area contributed by atoms with Crippen LogP contribution in [0.15, 0.2) is 47.4 Å². The monoisotopic (exact) mass is 331 g/mol. The summed E-state index contributed by atoms with van der Waals surface area (Å²) < 4.78 is 40.8. The molecule has 0 aliphatic carbocycles. The van der Waals surface area contributed by atoms with E-state index in [1.807, 2.05) is 25.1 Å². The van der Waals surface area contributed by atoms with Gasteiger partial charge in [0.2, 0.25) is 0 Å². The van der Waals surface area contributed by atoms with E-state index in [0.29, 0.717) is 16.5 Å². The molecule has 0 aliphatic heterocycles. The lowest BCUT2D eigenvalue weighted by atomic mass is 10.1. The lowest BCUT2D eigenvalue weighted by molar-refractivity contribution is -0.137. The zero-order valence-electron chi connectivity index (χ0n) is 11.2. The Bertz CT molecular complexity index is 629. The van der Waals surface area contributed by atoms with Crippen molar-refractivity contribution < 1.29 is 13.2 Å². The van der Waals surface area contributed by atoms with Gasteiger partial charge in [0.1, 0.15) is 0 Å². The summed E-state index contributed by atoms with van der Waals surface area (Å²) in [4.78, 5) is 0.524. The van der Waals surface area contributed by atoms with Crippen molar-refractivity contribution in [1.29, 1.82) is 0 Å². The van der Waals surface area contributed by atoms with Crippen molar-refractivity contribution >= 4 is 23.5 Å². The van der Waals surface area contributed by atoms with Gasteiger partial charge in [-0.15, -0.1) is 0 Å². The van der Waals surface area contributed by atoms with Crippen molar-refractivity contribution in [2.75, 3.05) is 0 Å². The molecule has 2 aromatic rings. The number of hydrogen-bond acceptors (Lipinski definition) is 2. The maximum absolute atomic E-state index is 12.6. The van der Waals surface area contributed by atoms with Gasteiger partial charge < -0.3 is 0 Å². The Morgan fingerprint density at radius 2 is 1.90 bits per heavy atom. The number of hydrogen-bond donors (Lipinski definition) is 1. The maximum atomic E-state index is 12.6. The summed E-state index contributed by atoms with van der Waals surface area (Å²) >= 11 is 7.11. The van der Waals surface area contributed by atoms with Gasteiger partial charge in [-0.3, -0.25) is 4.72 Å². The quantitative estimate of drug-likeness (QED) is 0.746. The summed E-state index contributed by atoms with van der Waals surface area (Å²) in [6.07, 6.45) is -4.32. The fourth-order valence-electron chi connectivity index (χ4n) is 1.76. The van der Waals surface area contributed by atoms with Crippen LogP contribution in [0.3, 0.4) is 0 Å². The molecule has 6 heteroatoms. The molecule has 0 spiro atoms. The molecule has 0 atom stereocenters. The van der Waals surface area contributed by atoms with Crippen molar-refractivity contribution in [2.45, 2.75) is 24.5 Å². The summed E-state index contributed by atoms with van der Waals surface area (Å²) in [5, 5.41) is 0.698. The minimum absolute atomic E-state index is 0.524. The van der Waals surface area contributed by atoms with Crippen LogP contribution in [-0.2, 0) is 12.7 Å². The standard InChI is InChI=1S/C15H13ClF3NS/c1-10-7-11(5-6-14(10)16)9-20-21-13-4-2-3-12(8-13)15(17,18)19/h2-8,20H,9H2,1H3. The first kappa shape index (κ1) is 16.2. The topological polar surface area (TPSA) is 12.0 Å². The van der Waals surface area contributed by atoms with Gasteiger partial charge in [-0.2, -0.15) is 13.2 Å². The molecule has 21 heavy (non-hydrogen) atoms. The average molecular weight is 332 g/mol. The number of nitrogens with one attached hydrogen (secondary N) is 1. The van der Waals surface area contributed by atoms with Crippen LogP contribution in [0.4, 0.5) is 13.2 Å². The molecule has 2 rings (SSSR count). The predicted molar refractivity (Wildman–Crippen MR) is 80.3 cm³/mol. The summed E-state index contributed by atoms with van der Waals surface area (Å²) in [6.45, 7) is 2.45. The minimum atomic E-state index is -4.32. The molecule has 0 unspecified atom stereocenters. The van der Waals surface area contributed by atoms with Gasteiger partial charge in [0.05, 0.1) is 5.56 Å². The molecule has 0 bridgehead atoms. The van der Waals surface area contributed by atoms with E-state index >= 15 is 0 Å². The van der Waals surface area contributed by atoms with Crippen LogP contribution in [0.5, 0.6) is 0 Å². The molecule has 2 aromatic carbocycles. The zero-order valence-corrected chi connectivity index (χ0v) is 12.7. The highest BCUT2D eigenvalue weighted by Crippen LogP contribution is 2.31. The second-order valence-electron chi connectivity index (χ2n) is 4.53. The van der Waals surface area contributed by atoms with Gasteiger partial charge in [-0.25, -0.2) is 0 Å². The van der Waals surface area contributed by atoms with Gasteiger partial charge in [-0.05, 0) is 54.3 Å². The molecule has 112 valence electrons. The third-order valence-corrected chi connectivity index (χ3v) is 4.05. The highest BCUT2D eigenvalue weighted by molar-refractivity contribution is 7.97. The van der Waals surface area contributed by atoms with Crippen molar-refractivity contribution in [2.24, 2.45) is 0 Å². The molecule has 0 radical (unpaired) electrons. The van der Waals surface area contributed by atoms with Crippen LogP contribution in [0.2, 0.25) is 5.02 Å². The molecule has 0 saturated carbocycles. The van der Waals surface area contributed by atoms with Crippen LogP contribution < -0.4 is 4.72 Å². The average Bonchev–Trinajstić information content (AvgIpc) is 2.42. The Labute approximate surface area is 130 Å². The van der Waals surface area contributed by atoms with Crippen LogP contribution >= 0.6 is 23.5 Å². The first-order valence-corrected chi connectivity index (χ1v) is 7.38. The van der Waals surface area contributed by atoms with E-state index < -0.39 is 11.7 Å². The molecule has 1 N–H and O–H groups in total. The third-order valence-electron chi connectivity index (χ3n) is 2.85. The number of alkyl halides is 3. The lowest BCUT2D eigenvalue weighted by Crippen LogP contribution is -2.06. The van der Waals surface area contributed by atoms with Crippen LogP contribution in [0, 0.1) is 6.92 Å². The second kappa shape index (κ2) is 6.73. The largest absolute Gasteiger partial charge is 0.416 e. The lowest BCUT2D eigenvalue weighted by Gasteiger charge is -2.09. The van der Waals surface area contributed by atoms with Gasteiger partial charge in [-0.1, -0.05) is 29.8 Å². The van der Waals surface area contributed by atoms with E-state index in [2.05, 4.69) is 4.72 Å². The van der Waals surface area contributed by atoms with Gasteiger partial charge >= 0.3 is 6.18 Å². The fourth-order valence-corrected chi connectivity index (χ4v) is 2.61. The highest BCUT2D eigenvalue weighted by Gasteiger charge is 2.30. The Balaban J connectivity index is 1.96. The van der Waals surface area contributed by atoms with Gasteiger partial charge in [0, 0.05) is 16.5 Å². The first-order valence-electron chi connectivity index (χ1n) is 6.18. The second-order valence-corrected chi connectivity index (χ2v) is 5.90. The number of rotatable bonds is 4. The molecule has 1 nitrogen and oxygen atoms in total. The summed E-state index contributed by atoms with van der Waals surface area (Å²) in [7, 11) is 0. The molecule has 0 aromatic heterocycles. The Morgan fingerprint density at radius 1 is 1.14 bits per heavy atom. The van der Waals surface area contributed by atoms with Crippen molar-refractivity contribution in [1.82, 2.24) is 4.72 Å². The van der Waals surface area contributed by atoms with Gasteiger partial charge in [0.25, 0.3) is 0 Å². The number of benzene rings is 2. The van der Waals surface area contributed by atoms with E-state index in [4.69, 9.17) is 11.6 Å². The van der Waals surface area contributed by atoms with Crippen molar-refractivity contribution in [3.63, 3.8) is 0 Å². The highest BCUT2D eigenvalue weighted by atomic mass is 35.5. The van der Waals surface area contributed by atoms with E-state index in [1.54, 1.807) is 6.07 Å². The molecular weight excluding hydrogens is 319 g/mol. The Kier molecular flexibility index (Phi) is 5.19. The van der Waals surface area contributed by atoms with E-state index in [9.17, 15) is 13.2 Å². The first-order chi connectivity index (χ1) is 9.86. The zero-order chi connectivity index (χ0) is 15.5. The summed E-state index contributed by atoms with van der Waals surface area (Å²) in [6, 6.07) is 10.9. The predicted octanol–water partition coefficient (Wildman–Crippen LogP) is 5.46. The van der Waals surface area contributed by atoms with E-state index in [0.717, 1.165) is 23.3 Å². The molecule has 0 amide bonds. The van der Waals surface area contributed by atoms with E-state index in [1.165, 1.54) is 18.0 Å². The smallest absolute Gasteiger partial charge is 0.255 e. The molecule has 0 fully saturated rings. The molecule has 0 saturated heterocycles. The minimum Gasteiger partial charge on any atom is -0.255 e. The summed E-state index contributed by atoms with van der Waals surface area (Å²) in [5.74, 6) is 0. The van der Waals surface area contributed by atoms with Crippen LogP contribution in [0.25, 0.3) is 0 Å². The summed E-state index contributed by atoms with van der Waals surface area (Å²) in [5.41, 5.74) is 1.35. The maximum Gasteiger partial charge on any atom is 0.416 e. The normalized spacial score (nSPS) is 11.7. The Morgan fingerprint density at radius 3 is 2.57 bits per heavy atom. The van der Waals surface area contributed by atoms with E-state index in [-0.39, 0.29) is 0 Å². The van der Waals surface area contributed by atoms with Crippen molar-refractivity contribution in [3.8, 4) is 0 Å². The number of aryl methyl sites for hydroxylation is 1. The van der Waals surface area contributed by atoms with Crippen LogP contribution in [0.1, 0.15) is 16.7 Å². The SMILES string of the molecule is Cc1cc(CNSc2cccc(C(F)(F)F)c2)ccc1Cl. The third kappa shape index (κ3) is 4.66. The van der Waals surface area contributed by atoms with Crippen LogP contribution in [-0.4, -0.2) is 0 Å². The number of halogens is 4. The fraction of sp³-hybridized carbons (Fsp3) is 0.200. The molecular formula is C15H13ClF3NS. The van der Waals surface area contributed by atoms with Crippen molar-refractivity contribution in [3.05, 3.63) is 64.2 Å². The molecule has 0 heterocycles. The molecule has 0 aliphatic rings.